The number of methoxy groups -OCH3 is 1. The SMILES string of the molecule is COc1cccc(N(C)c2nc(Cl)nc3ccsc23)c1. The van der Waals surface area contributed by atoms with E-state index >= 15 is 0 Å². The van der Waals surface area contributed by atoms with Crippen LogP contribution in [0.1, 0.15) is 0 Å². The van der Waals surface area contributed by atoms with E-state index in [0.717, 1.165) is 27.5 Å². The molecule has 20 heavy (non-hydrogen) atoms. The Morgan fingerprint density at radius 3 is 2.90 bits per heavy atom. The van der Waals surface area contributed by atoms with Gasteiger partial charge < -0.3 is 9.64 Å². The molecule has 4 nitrogen and oxygen atoms in total. The average Bonchev–Trinajstić information content (AvgIpc) is 2.93. The number of hydrogen-bond donors (Lipinski definition) is 0. The normalized spacial score (nSPS) is 10.8. The fraction of sp³-hybridized carbons (Fsp3) is 0.143. The van der Waals surface area contributed by atoms with Crippen LogP contribution in [0.2, 0.25) is 5.28 Å². The molecule has 0 radical (unpaired) electrons. The summed E-state index contributed by atoms with van der Waals surface area (Å²) in [6.45, 7) is 0. The minimum absolute atomic E-state index is 0.251. The lowest BCUT2D eigenvalue weighted by Crippen LogP contribution is -2.11. The summed E-state index contributed by atoms with van der Waals surface area (Å²) in [6.07, 6.45) is 0. The molecular formula is C14H12ClN3OS. The van der Waals surface area contributed by atoms with Gasteiger partial charge in [0.1, 0.15) is 5.75 Å². The molecule has 0 spiro atoms. The van der Waals surface area contributed by atoms with Gasteiger partial charge in [0.15, 0.2) is 5.82 Å². The van der Waals surface area contributed by atoms with Gasteiger partial charge in [-0.2, -0.15) is 4.98 Å². The minimum Gasteiger partial charge on any atom is -0.497 e. The molecule has 0 saturated carbocycles. The van der Waals surface area contributed by atoms with E-state index < -0.39 is 0 Å². The van der Waals surface area contributed by atoms with E-state index in [-0.39, 0.29) is 5.28 Å². The van der Waals surface area contributed by atoms with Crippen molar-refractivity contribution in [2.75, 3.05) is 19.1 Å². The van der Waals surface area contributed by atoms with Crippen molar-refractivity contribution in [3.05, 3.63) is 41.0 Å². The number of anilines is 2. The molecule has 0 atom stereocenters. The lowest BCUT2D eigenvalue weighted by Gasteiger charge is -2.19. The van der Waals surface area contributed by atoms with Crippen molar-refractivity contribution in [2.45, 2.75) is 0 Å². The summed E-state index contributed by atoms with van der Waals surface area (Å²) in [7, 11) is 3.60. The van der Waals surface area contributed by atoms with Crippen LogP contribution in [0, 0.1) is 0 Å². The standard InChI is InChI=1S/C14H12ClN3OS/c1-18(9-4-3-5-10(8-9)19-2)13-12-11(6-7-20-12)16-14(15)17-13/h3-8H,1-2H3. The number of halogens is 1. The van der Waals surface area contributed by atoms with Crippen molar-refractivity contribution in [2.24, 2.45) is 0 Å². The van der Waals surface area contributed by atoms with Gasteiger partial charge in [0, 0.05) is 18.8 Å². The molecule has 102 valence electrons. The predicted molar refractivity (Wildman–Crippen MR) is 83.5 cm³/mol. The van der Waals surface area contributed by atoms with Crippen LogP contribution in [0.25, 0.3) is 10.2 Å². The summed E-state index contributed by atoms with van der Waals surface area (Å²) in [5.74, 6) is 1.60. The first-order valence-electron chi connectivity index (χ1n) is 5.97. The Morgan fingerprint density at radius 1 is 1.25 bits per heavy atom. The van der Waals surface area contributed by atoms with Gasteiger partial charge >= 0.3 is 0 Å². The fourth-order valence-corrected chi connectivity index (χ4v) is 3.02. The van der Waals surface area contributed by atoms with E-state index in [9.17, 15) is 0 Å². The Bertz CT molecular complexity index is 759. The zero-order chi connectivity index (χ0) is 14.1. The summed E-state index contributed by atoms with van der Waals surface area (Å²) in [5, 5.41) is 2.24. The van der Waals surface area contributed by atoms with Crippen molar-refractivity contribution in [1.29, 1.82) is 0 Å². The van der Waals surface area contributed by atoms with Crippen molar-refractivity contribution in [1.82, 2.24) is 9.97 Å². The molecule has 0 unspecified atom stereocenters. The third-order valence-electron chi connectivity index (χ3n) is 3.02. The highest BCUT2D eigenvalue weighted by Gasteiger charge is 2.14. The highest BCUT2D eigenvalue weighted by atomic mass is 35.5. The molecule has 0 N–H and O–H groups in total. The van der Waals surface area contributed by atoms with E-state index in [0.29, 0.717) is 0 Å². The predicted octanol–water partition coefficient (Wildman–Crippen LogP) is 4.12. The Morgan fingerprint density at radius 2 is 2.10 bits per heavy atom. The van der Waals surface area contributed by atoms with Crippen LogP contribution in [-0.4, -0.2) is 24.1 Å². The second kappa shape index (κ2) is 5.26. The lowest BCUT2D eigenvalue weighted by molar-refractivity contribution is 0.415. The Kier molecular flexibility index (Phi) is 3.46. The van der Waals surface area contributed by atoms with E-state index in [4.69, 9.17) is 16.3 Å². The third-order valence-corrected chi connectivity index (χ3v) is 4.09. The number of hydrogen-bond acceptors (Lipinski definition) is 5. The molecule has 3 rings (SSSR count). The van der Waals surface area contributed by atoms with Crippen molar-refractivity contribution < 1.29 is 4.74 Å². The molecule has 0 aliphatic carbocycles. The van der Waals surface area contributed by atoms with Crippen LogP contribution in [-0.2, 0) is 0 Å². The molecule has 0 amide bonds. The minimum atomic E-state index is 0.251. The van der Waals surface area contributed by atoms with Crippen LogP contribution in [0.4, 0.5) is 11.5 Å². The summed E-state index contributed by atoms with van der Waals surface area (Å²) < 4.78 is 6.27. The first kappa shape index (κ1) is 13.1. The molecule has 1 aromatic carbocycles. The summed E-state index contributed by atoms with van der Waals surface area (Å²) in [4.78, 5) is 10.6. The van der Waals surface area contributed by atoms with Crippen LogP contribution in [0.15, 0.2) is 35.7 Å². The summed E-state index contributed by atoms with van der Waals surface area (Å²) >= 11 is 7.60. The number of benzene rings is 1. The maximum absolute atomic E-state index is 6.00. The first-order chi connectivity index (χ1) is 9.69. The Balaban J connectivity index is 2.11. The van der Waals surface area contributed by atoms with Gasteiger partial charge in [-0.25, -0.2) is 4.98 Å². The highest BCUT2D eigenvalue weighted by Crippen LogP contribution is 2.34. The molecule has 0 aliphatic rings. The Hall–Kier alpha value is -1.85. The maximum atomic E-state index is 6.00. The Labute approximate surface area is 125 Å². The monoisotopic (exact) mass is 305 g/mol. The number of nitrogens with zero attached hydrogens (tertiary/aromatic N) is 3. The van der Waals surface area contributed by atoms with E-state index in [1.54, 1.807) is 18.4 Å². The van der Waals surface area contributed by atoms with Crippen molar-refractivity contribution >= 4 is 44.7 Å². The van der Waals surface area contributed by atoms with Crippen LogP contribution >= 0.6 is 22.9 Å². The van der Waals surface area contributed by atoms with Crippen LogP contribution in [0.5, 0.6) is 5.75 Å². The van der Waals surface area contributed by atoms with Gasteiger partial charge in [-0.3, -0.25) is 0 Å². The highest BCUT2D eigenvalue weighted by molar-refractivity contribution is 7.17. The molecule has 2 aromatic heterocycles. The molecule has 0 aliphatic heterocycles. The van der Waals surface area contributed by atoms with Gasteiger partial charge in [-0.05, 0) is 35.2 Å². The quantitative estimate of drug-likeness (QED) is 0.682. The molecule has 2 heterocycles. The second-order valence-corrected chi connectivity index (χ2v) is 5.47. The van der Waals surface area contributed by atoms with Crippen LogP contribution in [0.3, 0.4) is 0 Å². The number of aromatic nitrogens is 2. The molecule has 0 saturated heterocycles. The second-order valence-electron chi connectivity index (χ2n) is 4.21. The maximum Gasteiger partial charge on any atom is 0.224 e. The molecule has 0 fully saturated rings. The van der Waals surface area contributed by atoms with E-state index in [1.807, 2.05) is 47.7 Å². The zero-order valence-corrected chi connectivity index (χ0v) is 12.6. The van der Waals surface area contributed by atoms with Gasteiger partial charge in [0.25, 0.3) is 0 Å². The van der Waals surface area contributed by atoms with Crippen molar-refractivity contribution in [3.8, 4) is 5.75 Å². The van der Waals surface area contributed by atoms with Gasteiger partial charge in [0.05, 0.1) is 17.3 Å². The third kappa shape index (κ3) is 2.30. The van der Waals surface area contributed by atoms with Gasteiger partial charge in [-0.1, -0.05) is 6.07 Å². The van der Waals surface area contributed by atoms with Gasteiger partial charge in [0.2, 0.25) is 5.28 Å². The molecular weight excluding hydrogens is 294 g/mol. The topological polar surface area (TPSA) is 38.2 Å². The number of thiophene rings is 1. The van der Waals surface area contributed by atoms with Gasteiger partial charge in [-0.15, -0.1) is 11.3 Å². The zero-order valence-electron chi connectivity index (χ0n) is 11.0. The van der Waals surface area contributed by atoms with Crippen molar-refractivity contribution in [3.63, 3.8) is 0 Å². The summed E-state index contributed by atoms with van der Waals surface area (Å²) in [5.41, 5.74) is 1.84. The first-order valence-corrected chi connectivity index (χ1v) is 7.23. The number of ether oxygens (including phenoxy) is 1. The number of fused-ring (bicyclic) bond motifs is 1. The van der Waals surface area contributed by atoms with E-state index in [2.05, 4.69) is 9.97 Å². The largest absolute Gasteiger partial charge is 0.497 e. The molecule has 6 heteroatoms. The summed E-state index contributed by atoms with van der Waals surface area (Å²) in [6, 6.07) is 9.74. The fourth-order valence-electron chi connectivity index (χ4n) is 1.99. The molecule has 3 aromatic rings. The average molecular weight is 306 g/mol. The smallest absolute Gasteiger partial charge is 0.224 e. The lowest BCUT2D eigenvalue weighted by atomic mass is 10.2. The molecule has 0 bridgehead atoms. The number of rotatable bonds is 3. The van der Waals surface area contributed by atoms with E-state index in [1.165, 1.54) is 0 Å². The van der Waals surface area contributed by atoms with Crippen LogP contribution < -0.4 is 9.64 Å².